The van der Waals surface area contributed by atoms with E-state index in [2.05, 4.69) is 66.8 Å². The van der Waals surface area contributed by atoms with Crippen molar-refractivity contribution in [3.63, 3.8) is 0 Å². The Morgan fingerprint density at radius 1 is 0.590 bits per heavy atom. The number of aliphatic hydroxyl groups excluding tert-OH is 1. The number of hydrogen-bond acceptors (Lipinski definition) is 9. The molecule has 61 heavy (non-hydrogen) atoms. The Morgan fingerprint density at radius 3 is 1.75 bits per heavy atom. The second-order valence-electron chi connectivity index (χ2n) is 18.1. The SMILES string of the molecule is CCCCC/C=C\C/C=C\CCCCCCCC(=O)OCCCCN(CCCCCCOC(=O)OC(CCCCCC)CCCCCCCC)CC(O)CN1CCN(C)CC1. The van der Waals surface area contributed by atoms with Crippen LogP contribution in [0.3, 0.4) is 0 Å². The van der Waals surface area contributed by atoms with E-state index in [0.717, 1.165) is 129 Å². The topological polar surface area (TPSA) is 91.8 Å². The number of nitrogens with zero attached hydrogens (tertiary/aromatic N) is 3. The Balaban J connectivity index is 2.30. The van der Waals surface area contributed by atoms with Gasteiger partial charge in [0.05, 0.1) is 19.3 Å². The molecular weight excluding hydrogens is 763 g/mol. The summed E-state index contributed by atoms with van der Waals surface area (Å²) in [5.74, 6) is -0.0715. The second kappa shape index (κ2) is 43.3. The Hall–Kier alpha value is -1.94. The fraction of sp³-hybridized carbons (Fsp3) is 0.885. The Kier molecular flexibility index (Phi) is 40.5. The van der Waals surface area contributed by atoms with Crippen LogP contribution in [0, 0.1) is 0 Å². The number of piperazine rings is 1. The maximum absolute atomic E-state index is 12.6. The molecule has 1 rings (SSSR count). The summed E-state index contributed by atoms with van der Waals surface area (Å²) in [7, 11) is 2.16. The lowest BCUT2D eigenvalue weighted by molar-refractivity contribution is -0.143. The first-order valence-electron chi connectivity index (χ1n) is 26.0. The van der Waals surface area contributed by atoms with Crippen LogP contribution in [-0.2, 0) is 19.0 Å². The van der Waals surface area contributed by atoms with Crippen molar-refractivity contribution in [2.75, 3.05) is 72.6 Å². The van der Waals surface area contributed by atoms with Crippen LogP contribution in [0.4, 0.5) is 4.79 Å². The summed E-state index contributed by atoms with van der Waals surface area (Å²) in [6.45, 7) is 14.9. The number of unbranched alkanes of at least 4 members (excludes halogenated alkanes) is 20. The molecule has 1 aliphatic heterocycles. The summed E-state index contributed by atoms with van der Waals surface area (Å²) in [6.07, 6.45) is 41.5. The smallest absolute Gasteiger partial charge is 0.466 e. The number of carbonyl (C=O) groups is 2. The summed E-state index contributed by atoms with van der Waals surface area (Å²) < 4.78 is 16.9. The van der Waals surface area contributed by atoms with Gasteiger partial charge in [0.15, 0.2) is 0 Å². The van der Waals surface area contributed by atoms with E-state index >= 15 is 0 Å². The lowest BCUT2D eigenvalue weighted by atomic mass is 10.0. The molecule has 0 aliphatic carbocycles. The van der Waals surface area contributed by atoms with E-state index in [-0.39, 0.29) is 18.2 Å². The molecule has 2 atom stereocenters. The maximum Gasteiger partial charge on any atom is 0.508 e. The first-order valence-corrected chi connectivity index (χ1v) is 26.0. The van der Waals surface area contributed by atoms with Crippen LogP contribution in [0.5, 0.6) is 0 Å². The van der Waals surface area contributed by atoms with Crippen molar-refractivity contribution < 1.29 is 28.9 Å². The summed E-state index contributed by atoms with van der Waals surface area (Å²) in [5.41, 5.74) is 0. The zero-order valence-corrected chi connectivity index (χ0v) is 40.6. The minimum atomic E-state index is -0.501. The van der Waals surface area contributed by atoms with Crippen LogP contribution in [0.1, 0.15) is 213 Å². The van der Waals surface area contributed by atoms with Gasteiger partial charge in [0.2, 0.25) is 0 Å². The third-order valence-corrected chi connectivity index (χ3v) is 12.1. The van der Waals surface area contributed by atoms with E-state index in [1.54, 1.807) is 0 Å². The predicted molar refractivity (Wildman–Crippen MR) is 257 cm³/mol. The molecule has 0 spiro atoms. The standard InChI is InChI=1S/C52H99N3O6/c1-5-8-11-14-16-17-18-19-20-21-22-23-24-26-31-38-51(57)59-45-35-33-40-54(47-49(56)48-55-43-41-53(4)42-44-55)39-32-27-28-34-46-60-52(58)61-50(36-29-13-10-7-3)37-30-25-15-12-9-6-2/h16-17,19-20,49-50,56H,5-15,18,21-48H2,1-4H3/b17-16-,20-19-. The van der Waals surface area contributed by atoms with Gasteiger partial charge in [0.1, 0.15) is 6.10 Å². The highest BCUT2D eigenvalue weighted by molar-refractivity contribution is 5.69. The van der Waals surface area contributed by atoms with Gasteiger partial charge in [-0.1, -0.05) is 141 Å². The number of allylic oxidation sites excluding steroid dienone is 4. The van der Waals surface area contributed by atoms with E-state index in [9.17, 15) is 14.7 Å². The van der Waals surface area contributed by atoms with Gasteiger partial charge in [-0.15, -0.1) is 0 Å². The van der Waals surface area contributed by atoms with Gasteiger partial charge in [0, 0.05) is 45.7 Å². The molecule has 1 N–H and O–H groups in total. The van der Waals surface area contributed by atoms with Gasteiger partial charge < -0.3 is 29.1 Å². The van der Waals surface area contributed by atoms with Crippen LogP contribution in [0.15, 0.2) is 24.3 Å². The van der Waals surface area contributed by atoms with Crippen LogP contribution in [0.2, 0.25) is 0 Å². The molecule has 1 heterocycles. The molecular formula is C52H99N3O6. The molecule has 0 saturated carbocycles. The summed E-state index contributed by atoms with van der Waals surface area (Å²) in [5, 5.41) is 11.1. The number of ether oxygens (including phenoxy) is 3. The minimum Gasteiger partial charge on any atom is -0.466 e. The highest BCUT2D eigenvalue weighted by Crippen LogP contribution is 2.17. The molecule has 0 aromatic rings. The molecule has 0 aromatic heterocycles. The third-order valence-electron chi connectivity index (χ3n) is 12.1. The zero-order valence-electron chi connectivity index (χ0n) is 40.6. The van der Waals surface area contributed by atoms with Gasteiger partial charge in [-0.3, -0.25) is 9.69 Å². The lowest BCUT2D eigenvalue weighted by Crippen LogP contribution is -2.49. The second-order valence-corrected chi connectivity index (χ2v) is 18.1. The van der Waals surface area contributed by atoms with Crippen molar-refractivity contribution in [1.82, 2.24) is 14.7 Å². The average molecular weight is 862 g/mol. The van der Waals surface area contributed by atoms with Crippen LogP contribution >= 0.6 is 0 Å². The number of hydrogen-bond donors (Lipinski definition) is 1. The number of β-amino-alcohol motifs (C(OH)–C–C–N with tert-alkyl or cyclic N) is 1. The fourth-order valence-corrected chi connectivity index (χ4v) is 8.08. The fourth-order valence-electron chi connectivity index (χ4n) is 8.08. The van der Waals surface area contributed by atoms with Crippen molar-refractivity contribution in [1.29, 1.82) is 0 Å². The summed E-state index contributed by atoms with van der Waals surface area (Å²) in [4.78, 5) is 32.1. The number of likely N-dealkylation sites (N-methyl/N-ethyl adjacent to an activating group) is 1. The normalized spacial score (nSPS) is 15.0. The first-order chi connectivity index (χ1) is 29.9. The molecule has 2 unspecified atom stereocenters. The number of rotatable bonds is 43. The van der Waals surface area contributed by atoms with Gasteiger partial charge in [0.25, 0.3) is 0 Å². The number of aliphatic hydroxyl groups is 1. The molecule has 358 valence electrons. The summed E-state index contributed by atoms with van der Waals surface area (Å²) >= 11 is 0. The number of carbonyl (C=O) groups excluding carboxylic acids is 2. The quantitative estimate of drug-likeness (QED) is 0.0365. The highest BCUT2D eigenvalue weighted by Gasteiger charge is 2.19. The molecule has 9 heteroatoms. The molecule has 0 radical (unpaired) electrons. The summed E-state index contributed by atoms with van der Waals surface area (Å²) in [6, 6.07) is 0. The van der Waals surface area contributed by atoms with Crippen molar-refractivity contribution in [3.8, 4) is 0 Å². The molecule has 1 saturated heterocycles. The highest BCUT2D eigenvalue weighted by atomic mass is 16.7. The van der Waals surface area contributed by atoms with E-state index in [1.165, 1.54) is 96.3 Å². The monoisotopic (exact) mass is 862 g/mol. The maximum atomic E-state index is 12.6. The van der Waals surface area contributed by atoms with Crippen LogP contribution in [-0.4, -0.2) is 117 Å². The lowest BCUT2D eigenvalue weighted by Gasteiger charge is -2.34. The van der Waals surface area contributed by atoms with Crippen molar-refractivity contribution in [3.05, 3.63) is 24.3 Å². The van der Waals surface area contributed by atoms with Gasteiger partial charge in [-0.05, 0) is 110 Å². The van der Waals surface area contributed by atoms with Crippen molar-refractivity contribution >= 4 is 12.1 Å². The van der Waals surface area contributed by atoms with E-state index in [1.807, 2.05) is 0 Å². The van der Waals surface area contributed by atoms with E-state index in [0.29, 0.717) is 32.7 Å². The molecule has 1 fully saturated rings. The molecule has 1 aliphatic rings. The molecule has 0 aromatic carbocycles. The van der Waals surface area contributed by atoms with Crippen LogP contribution < -0.4 is 0 Å². The van der Waals surface area contributed by atoms with E-state index < -0.39 is 6.16 Å². The minimum absolute atomic E-state index is 0.0270. The Bertz CT molecular complexity index is 1030. The molecule has 0 bridgehead atoms. The van der Waals surface area contributed by atoms with E-state index in [4.69, 9.17) is 14.2 Å². The third kappa shape index (κ3) is 38.3. The largest absolute Gasteiger partial charge is 0.508 e. The average Bonchev–Trinajstić information content (AvgIpc) is 3.25. The van der Waals surface area contributed by atoms with Crippen molar-refractivity contribution in [2.24, 2.45) is 0 Å². The first kappa shape index (κ1) is 57.1. The van der Waals surface area contributed by atoms with Gasteiger partial charge in [-0.2, -0.15) is 0 Å². The molecule has 9 nitrogen and oxygen atoms in total. The van der Waals surface area contributed by atoms with Crippen molar-refractivity contribution in [2.45, 2.75) is 226 Å². The number of esters is 1. The van der Waals surface area contributed by atoms with Gasteiger partial charge in [-0.25, -0.2) is 4.79 Å². The Labute approximate surface area is 377 Å². The van der Waals surface area contributed by atoms with Crippen LogP contribution in [0.25, 0.3) is 0 Å². The van der Waals surface area contributed by atoms with Gasteiger partial charge >= 0.3 is 12.1 Å². The Morgan fingerprint density at radius 2 is 1.08 bits per heavy atom. The molecule has 0 amide bonds. The zero-order chi connectivity index (χ0) is 44.3. The predicted octanol–water partition coefficient (Wildman–Crippen LogP) is 12.8.